The van der Waals surface area contributed by atoms with Crippen LogP contribution in [-0.2, 0) is 16.1 Å². The van der Waals surface area contributed by atoms with E-state index >= 15 is 0 Å². The van der Waals surface area contributed by atoms with Gasteiger partial charge in [0.15, 0.2) is 0 Å². The lowest BCUT2D eigenvalue weighted by molar-refractivity contribution is -0.137. The van der Waals surface area contributed by atoms with Crippen molar-refractivity contribution in [3.05, 3.63) is 47.5 Å². The van der Waals surface area contributed by atoms with E-state index in [1.54, 1.807) is 24.3 Å². The lowest BCUT2D eigenvalue weighted by Gasteiger charge is -2.14. The number of aldehydes is 1. The number of carbonyl (C=O) groups is 3. The van der Waals surface area contributed by atoms with Crippen LogP contribution < -0.4 is 0 Å². The summed E-state index contributed by atoms with van der Waals surface area (Å²) in [6.45, 7) is 0.138. The van der Waals surface area contributed by atoms with Gasteiger partial charge in [0.25, 0.3) is 11.8 Å². The molecule has 1 aromatic carbocycles. The molecule has 80 valence electrons. The van der Waals surface area contributed by atoms with Crippen molar-refractivity contribution in [1.82, 2.24) is 4.90 Å². The summed E-state index contributed by atoms with van der Waals surface area (Å²) in [6.07, 6.45) is 3.17. The molecule has 4 heteroatoms. The highest BCUT2D eigenvalue weighted by atomic mass is 16.2. The molecule has 4 nitrogen and oxygen atoms in total. The van der Waals surface area contributed by atoms with Crippen LogP contribution in [0.25, 0.3) is 0 Å². The van der Waals surface area contributed by atoms with Crippen molar-refractivity contribution in [1.29, 1.82) is 0 Å². The lowest BCUT2D eigenvalue weighted by atomic mass is 10.1. The molecule has 0 spiro atoms. The van der Waals surface area contributed by atoms with Gasteiger partial charge in [-0.3, -0.25) is 19.3 Å². The van der Waals surface area contributed by atoms with Crippen molar-refractivity contribution in [2.24, 2.45) is 0 Å². The predicted molar refractivity (Wildman–Crippen MR) is 56.5 cm³/mol. The molecule has 0 aromatic heterocycles. The highest BCUT2D eigenvalue weighted by Crippen LogP contribution is 2.13. The molecule has 0 saturated heterocycles. The number of hydrogen-bond donors (Lipinski definition) is 0. The Morgan fingerprint density at radius 3 is 2.31 bits per heavy atom. The second-order valence-corrected chi connectivity index (χ2v) is 3.41. The number of benzene rings is 1. The number of rotatable bonds is 3. The maximum atomic E-state index is 11.3. The van der Waals surface area contributed by atoms with E-state index in [-0.39, 0.29) is 18.4 Å². The summed E-state index contributed by atoms with van der Waals surface area (Å²) in [6, 6.07) is 6.88. The molecule has 0 fully saturated rings. The summed E-state index contributed by atoms with van der Waals surface area (Å²) in [4.78, 5) is 34.5. The topological polar surface area (TPSA) is 54.5 Å². The van der Waals surface area contributed by atoms with E-state index in [1.807, 2.05) is 0 Å². The third-order valence-corrected chi connectivity index (χ3v) is 2.41. The molecule has 0 bridgehead atoms. The molecule has 0 N–H and O–H groups in total. The van der Waals surface area contributed by atoms with E-state index in [2.05, 4.69) is 0 Å². The van der Waals surface area contributed by atoms with Gasteiger partial charge >= 0.3 is 0 Å². The van der Waals surface area contributed by atoms with Gasteiger partial charge in [-0.1, -0.05) is 24.3 Å². The summed E-state index contributed by atoms with van der Waals surface area (Å²) in [5, 5.41) is 0. The molecular weight excluding hydrogens is 206 g/mol. The van der Waals surface area contributed by atoms with Crippen LogP contribution >= 0.6 is 0 Å². The summed E-state index contributed by atoms with van der Waals surface area (Å²) >= 11 is 0. The Morgan fingerprint density at radius 1 is 1.06 bits per heavy atom. The first-order chi connectivity index (χ1) is 7.72. The van der Waals surface area contributed by atoms with Crippen LogP contribution in [0.4, 0.5) is 0 Å². The van der Waals surface area contributed by atoms with E-state index in [0.29, 0.717) is 17.4 Å². The summed E-state index contributed by atoms with van der Waals surface area (Å²) in [5.74, 6) is -0.684. The average molecular weight is 215 g/mol. The third kappa shape index (κ3) is 1.77. The van der Waals surface area contributed by atoms with Crippen molar-refractivity contribution >= 4 is 18.1 Å². The second kappa shape index (κ2) is 4.10. The zero-order valence-electron chi connectivity index (χ0n) is 8.42. The minimum atomic E-state index is -0.342. The molecule has 0 radical (unpaired) electrons. The fraction of sp³-hybridized carbons (Fsp3) is 0.0833. The number of imide groups is 1. The highest BCUT2D eigenvalue weighted by Gasteiger charge is 2.23. The Kier molecular flexibility index (Phi) is 2.64. The molecule has 16 heavy (non-hydrogen) atoms. The third-order valence-electron chi connectivity index (χ3n) is 2.41. The van der Waals surface area contributed by atoms with Crippen LogP contribution in [0.15, 0.2) is 36.4 Å². The smallest absolute Gasteiger partial charge is 0.253 e. The molecule has 0 atom stereocenters. The molecule has 1 heterocycles. The molecule has 0 saturated carbocycles. The fourth-order valence-electron chi connectivity index (χ4n) is 1.55. The monoisotopic (exact) mass is 215 g/mol. The minimum absolute atomic E-state index is 0.138. The molecule has 0 aliphatic carbocycles. The highest BCUT2D eigenvalue weighted by molar-refractivity contribution is 6.12. The van der Waals surface area contributed by atoms with Crippen molar-refractivity contribution in [2.75, 3.05) is 0 Å². The summed E-state index contributed by atoms with van der Waals surface area (Å²) < 4.78 is 0. The van der Waals surface area contributed by atoms with Gasteiger partial charge in [-0.25, -0.2) is 0 Å². The maximum absolute atomic E-state index is 11.3. The van der Waals surface area contributed by atoms with Gasteiger partial charge in [0.2, 0.25) is 0 Å². The molecule has 1 aliphatic rings. The van der Waals surface area contributed by atoms with Crippen LogP contribution in [0.1, 0.15) is 15.9 Å². The maximum Gasteiger partial charge on any atom is 0.253 e. The first kappa shape index (κ1) is 10.3. The van der Waals surface area contributed by atoms with E-state index in [0.717, 1.165) is 4.90 Å². The Balaban J connectivity index is 2.24. The Bertz CT molecular complexity index is 473. The lowest BCUT2D eigenvalue weighted by Crippen LogP contribution is -2.29. The first-order valence-electron chi connectivity index (χ1n) is 4.79. The van der Waals surface area contributed by atoms with Crippen molar-refractivity contribution < 1.29 is 14.4 Å². The van der Waals surface area contributed by atoms with Gasteiger partial charge < -0.3 is 0 Å². The van der Waals surface area contributed by atoms with Gasteiger partial charge in [-0.05, 0) is 5.56 Å². The van der Waals surface area contributed by atoms with Gasteiger partial charge in [-0.15, -0.1) is 0 Å². The van der Waals surface area contributed by atoms with Crippen LogP contribution in [-0.4, -0.2) is 23.0 Å². The van der Waals surface area contributed by atoms with Crippen molar-refractivity contribution in [3.63, 3.8) is 0 Å². The SMILES string of the molecule is O=Cc1ccccc1CN1C(=O)C=CC1=O. The number of amides is 2. The van der Waals surface area contributed by atoms with E-state index in [4.69, 9.17) is 0 Å². The van der Waals surface area contributed by atoms with Gasteiger partial charge in [0.1, 0.15) is 6.29 Å². The van der Waals surface area contributed by atoms with Gasteiger partial charge in [0, 0.05) is 17.7 Å². The molecular formula is C12H9NO3. The molecule has 2 rings (SSSR count). The van der Waals surface area contributed by atoms with Crippen LogP contribution in [0.3, 0.4) is 0 Å². The predicted octanol–water partition coefficient (Wildman–Crippen LogP) is 0.924. The van der Waals surface area contributed by atoms with E-state index in [1.165, 1.54) is 12.2 Å². The Morgan fingerprint density at radius 2 is 1.69 bits per heavy atom. The van der Waals surface area contributed by atoms with E-state index in [9.17, 15) is 14.4 Å². The number of nitrogens with zero attached hydrogens (tertiary/aromatic N) is 1. The Labute approximate surface area is 92.2 Å². The second-order valence-electron chi connectivity index (χ2n) is 3.41. The quantitative estimate of drug-likeness (QED) is 0.556. The molecule has 1 aliphatic heterocycles. The molecule has 2 amide bonds. The fourth-order valence-corrected chi connectivity index (χ4v) is 1.55. The first-order valence-corrected chi connectivity index (χ1v) is 4.79. The minimum Gasteiger partial charge on any atom is -0.298 e. The zero-order chi connectivity index (χ0) is 11.5. The van der Waals surface area contributed by atoms with Crippen molar-refractivity contribution in [2.45, 2.75) is 6.54 Å². The van der Waals surface area contributed by atoms with Gasteiger partial charge in [0.05, 0.1) is 6.54 Å². The number of carbonyl (C=O) groups excluding carboxylic acids is 3. The van der Waals surface area contributed by atoms with Crippen LogP contribution in [0.5, 0.6) is 0 Å². The summed E-state index contributed by atoms with van der Waals surface area (Å²) in [7, 11) is 0. The van der Waals surface area contributed by atoms with Crippen LogP contribution in [0.2, 0.25) is 0 Å². The summed E-state index contributed by atoms with van der Waals surface area (Å²) in [5.41, 5.74) is 1.16. The Hall–Kier alpha value is -2.23. The van der Waals surface area contributed by atoms with Crippen LogP contribution in [0, 0.1) is 0 Å². The normalized spacial score (nSPS) is 14.6. The van der Waals surface area contributed by atoms with Gasteiger partial charge in [-0.2, -0.15) is 0 Å². The van der Waals surface area contributed by atoms with E-state index < -0.39 is 0 Å². The van der Waals surface area contributed by atoms with Crippen molar-refractivity contribution in [3.8, 4) is 0 Å². The zero-order valence-corrected chi connectivity index (χ0v) is 8.42. The molecule has 0 unspecified atom stereocenters. The largest absolute Gasteiger partial charge is 0.298 e. The average Bonchev–Trinajstić information content (AvgIpc) is 2.61. The number of hydrogen-bond acceptors (Lipinski definition) is 3. The molecule has 1 aromatic rings. The standard InChI is InChI=1S/C12H9NO3/c14-8-10-4-2-1-3-9(10)7-13-11(15)5-6-12(13)16/h1-6,8H,7H2.